The molecule has 0 aliphatic carbocycles. The number of hydrogen-bond acceptors (Lipinski definition) is 2. The summed E-state index contributed by atoms with van der Waals surface area (Å²) in [6.07, 6.45) is 4.28. The fourth-order valence-electron chi connectivity index (χ4n) is 2.29. The largest absolute Gasteiger partial charge is 0.330 e. The summed E-state index contributed by atoms with van der Waals surface area (Å²) in [6.45, 7) is 1.53. The Morgan fingerprint density at radius 1 is 0.619 bits per heavy atom. The lowest BCUT2D eigenvalue weighted by molar-refractivity contribution is 0.833. The van der Waals surface area contributed by atoms with Crippen molar-refractivity contribution in [2.45, 2.75) is 25.7 Å². The van der Waals surface area contributed by atoms with Gasteiger partial charge in [-0.1, -0.05) is 57.1 Å². The summed E-state index contributed by atoms with van der Waals surface area (Å²) in [6, 6.07) is 17.9. The van der Waals surface area contributed by atoms with Crippen LogP contribution in [0.3, 0.4) is 0 Å². The summed E-state index contributed by atoms with van der Waals surface area (Å²) in [7, 11) is 0.725. The molecule has 0 fully saturated rings. The first-order chi connectivity index (χ1) is 10.3. The van der Waals surface area contributed by atoms with Gasteiger partial charge in [-0.3, -0.25) is 0 Å². The van der Waals surface area contributed by atoms with Gasteiger partial charge in [-0.05, 0) is 60.5 Å². The molecule has 0 aliphatic rings. The van der Waals surface area contributed by atoms with Crippen LogP contribution >= 0.6 is 8.58 Å². The van der Waals surface area contributed by atoms with E-state index in [-0.39, 0.29) is 0 Å². The summed E-state index contributed by atoms with van der Waals surface area (Å²) in [5, 5.41) is 2.78. The molecule has 0 aliphatic heterocycles. The van der Waals surface area contributed by atoms with Crippen molar-refractivity contribution in [3.63, 3.8) is 0 Å². The first-order valence-corrected chi connectivity index (χ1v) is 8.67. The summed E-state index contributed by atoms with van der Waals surface area (Å²) in [4.78, 5) is 0. The maximum absolute atomic E-state index is 5.55. The van der Waals surface area contributed by atoms with Gasteiger partial charge in [0.2, 0.25) is 0 Å². The summed E-state index contributed by atoms with van der Waals surface area (Å²) in [5.74, 6) is 0. The van der Waals surface area contributed by atoms with Crippen LogP contribution in [0, 0.1) is 0 Å². The Hall–Kier alpha value is -1.21. The van der Waals surface area contributed by atoms with Crippen LogP contribution in [0.25, 0.3) is 0 Å². The van der Waals surface area contributed by atoms with Gasteiger partial charge in [0.05, 0.1) is 0 Å². The lowest BCUT2D eigenvalue weighted by Crippen LogP contribution is -2.05. The third kappa shape index (κ3) is 5.59. The Balaban J connectivity index is 1.91. The van der Waals surface area contributed by atoms with E-state index in [1.54, 1.807) is 0 Å². The van der Waals surface area contributed by atoms with Gasteiger partial charge in [-0.15, -0.1) is 0 Å². The summed E-state index contributed by atoms with van der Waals surface area (Å²) in [5.41, 5.74) is 13.9. The van der Waals surface area contributed by atoms with Crippen LogP contribution in [-0.4, -0.2) is 13.1 Å². The quantitative estimate of drug-likeness (QED) is 0.734. The lowest BCUT2D eigenvalue weighted by Gasteiger charge is -2.06. The molecular weight excluding hydrogens is 275 g/mol. The zero-order chi connectivity index (χ0) is 14.9. The van der Waals surface area contributed by atoms with E-state index < -0.39 is 0 Å². The molecule has 0 amide bonds. The van der Waals surface area contributed by atoms with Crippen LogP contribution in [0.1, 0.15) is 24.0 Å². The van der Waals surface area contributed by atoms with E-state index in [1.165, 1.54) is 21.7 Å². The van der Waals surface area contributed by atoms with Gasteiger partial charge in [0.15, 0.2) is 0 Å². The molecular formula is C18H25N2P. The molecule has 0 radical (unpaired) electrons. The molecule has 2 aromatic carbocycles. The highest BCUT2D eigenvalue weighted by atomic mass is 31.1. The molecule has 4 N–H and O–H groups in total. The third-order valence-corrected chi connectivity index (χ3v) is 4.78. The first-order valence-electron chi connectivity index (χ1n) is 7.67. The highest BCUT2D eigenvalue weighted by molar-refractivity contribution is 7.55. The van der Waals surface area contributed by atoms with Crippen molar-refractivity contribution in [1.82, 2.24) is 0 Å². The fourth-order valence-corrected chi connectivity index (χ4v) is 3.29. The number of nitrogens with two attached hydrogens (primary N) is 2. The fraction of sp³-hybridized carbons (Fsp3) is 0.333. The SMILES string of the molecule is NCCCc1ccc(Pc2ccc(CCCN)cc2)cc1. The van der Waals surface area contributed by atoms with E-state index in [0.29, 0.717) is 0 Å². The van der Waals surface area contributed by atoms with Crippen LogP contribution in [0.15, 0.2) is 48.5 Å². The Bertz CT molecular complexity index is 470. The average molecular weight is 300 g/mol. The Morgan fingerprint density at radius 2 is 1.00 bits per heavy atom. The molecule has 2 nitrogen and oxygen atoms in total. The third-order valence-electron chi connectivity index (χ3n) is 3.54. The molecule has 3 heteroatoms. The van der Waals surface area contributed by atoms with Gasteiger partial charge in [0.1, 0.15) is 0 Å². The summed E-state index contributed by atoms with van der Waals surface area (Å²) < 4.78 is 0. The topological polar surface area (TPSA) is 52.0 Å². The highest BCUT2D eigenvalue weighted by Crippen LogP contribution is 2.13. The Morgan fingerprint density at radius 3 is 1.33 bits per heavy atom. The van der Waals surface area contributed by atoms with E-state index >= 15 is 0 Å². The van der Waals surface area contributed by atoms with E-state index in [1.807, 2.05) is 0 Å². The number of hydrogen-bond donors (Lipinski definition) is 2. The van der Waals surface area contributed by atoms with Crippen LogP contribution in [-0.2, 0) is 12.8 Å². The molecule has 0 saturated carbocycles. The van der Waals surface area contributed by atoms with Gasteiger partial charge in [0.25, 0.3) is 0 Å². The van der Waals surface area contributed by atoms with Crippen molar-refractivity contribution in [3.05, 3.63) is 59.7 Å². The van der Waals surface area contributed by atoms with Gasteiger partial charge in [-0.25, -0.2) is 0 Å². The predicted molar refractivity (Wildman–Crippen MR) is 95.2 cm³/mol. The van der Waals surface area contributed by atoms with Gasteiger partial charge in [-0.2, -0.15) is 0 Å². The summed E-state index contributed by atoms with van der Waals surface area (Å²) >= 11 is 0. The minimum atomic E-state index is 0.725. The molecule has 0 saturated heterocycles. The van der Waals surface area contributed by atoms with Crippen molar-refractivity contribution in [2.75, 3.05) is 13.1 Å². The zero-order valence-corrected chi connectivity index (χ0v) is 13.5. The Labute approximate surface area is 129 Å². The zero-order valence-electron chi connectivity index (χ0n) is 12.5. The number of benzene rings is 2. The smallest absolute Gasteiger partial charge is 0.00741 e. The molecule has 0 atom stereocenters. The molecule has 0 heterocycles. The minimum absolute atomic E-state index is 0.725. The van der Waals surface area contributed by atoms with Gasteiger partial charge < -0.3 is 11.5 Å². The van der Waals surface area contributed by atoms with Gasteiger partial charge in [0, 0.05) is 0 Å². The average Bonchev–Trinajstić information content (AvgIpc) is 2.53. The van der Waals surface area contributed by atoms with E-state index in [2.05, 4.69) is 48.5 Å². The van der Waals surface area contributed by atoms with Crippen molar-refractivity contribution in [1.29, 1.82) is 0 Å². The Kier molecular flexibility index (Phi) is 6.88. The van der Waals surface area contributed by atoms with Crippen LogP contribution in [0.4, 0.5) is 0 Å². The molecule has 112 valence electrons. The second kappa shape index (κ2) is 8.94. The van der Waals surface area contributed by atoms with Crippen LogP contribution < -0.4 is 22.1 Å². The second-order valence-corrected chi connectivity index (χ2v) is 6.71. The number of aryl methyl sites for hydroxylation is 2. The maximum Gasteiger partial charge on any atom is -0.00741 e. The molecule has 0 unspecified atom stereocenters. The molecule has 0 bridgehead atoms. The molecule has 21 heavy (non-hydrogen) atoms. The van der Waals surface area contributed by atoms with Crippen molar-refractivity contribution in [3.8, 4) is 0 Å². The monoisotopic (exact) mass is 300 g/mol. The maximum atomic E-state index is 5.55. The van der Waals surface area contributed by atoms with Crippen molar-refractivity contribution in [2.24, 2.45) is 11.5 Å². The standard InChI is InChI=1S/C18H25N2P/c19-13-1-3-15-5-9-17(10-6-15)21-18-11-7-16(8-12-18)4-2-14-20/h5-12,21H,1-4,13-14,19-20H2. The van der Waals surface area contributed by atoms with Crippen LogP contribution in [0.2, 0.25) is 0 Å². The normalized spacial score (nSPS) is 10.8. The molecule has 2 aromatic rings. The molecule has 0 spiro atoms. The first kappa shape index (κ1) is 16.2. The predicted octanol–water partition coefficient (Wildman–Crippen LogP) is 2.10. The van der Waals surface area contributed by atoms with Crippen molar-refractivity contribution >= 4 is 19.2 Å². The number of rotatable bonds is 8. The van der Waals surface area contributed by atoms with Gasteiger partial charge >= 0.3 is 0 Å². The van der Waals surface area contributed by atoms with E-state index in [4.69, 9.17) is 11.5 Å². The van der Waals surface area contributed by atoms with Crippen molar-refractivity contribution < 1.29 is 0 Å². The van der Waals surface area contributed by atoms with E-state index in [9.17, 15) is 0 Å². The molecule has 0 aromatic heterocycles. The van der Waals surface area contributed by atoms with E-state index in [0.717, 1.165) is 47.4 Å². The second-order valence-electron chi connectivity index (χ2n) is 5.30. The minimum Gasteiger partial charge on any atom is -0.330 e. The molecule has 2 rings (SSSR count). The lowest BCUT2D eigenvalue weighted by atomic mass is 10.1. The van der Waals surface area contributed by atoms with Crippen LogP contribution in [0.5, 0.6) is 0 Å². The highest BCUT2D eigenvalue weighted by Gasteiger charge is 1.99.